The van der Waals surface area contributed by atoms with E-state index in [-0.39, 0.29) is 0 Å². The molecule has 0 saturated heterocycles. The molecule has 1 heteroatoms. The summed E-state index contributed by atoms with van der Waals surface area (Å²) < 4.78 is 1.27. The third-order valence-corrected chi connectivity index (χ3v) is 2.26. The molecule has 0 radical (unpaired) electrons. The van der Waals surface area contributed by atoms with Gasteiger partial charge < -0.3 is 0 Å². The molecule has 2 rings (SSSR count). The van der Waals surface area contributed by atoms with Crippen molar-refractivity contribution in [2.45, 2.75) is 6.92 Å². The van der Waals surface area contributed by atoms with E-state index in [0.717, 1.165) is 0 Å². The lowest BCUT2D eigenvalue weighted by molar-refractivity contribution is 1.52. The molecule has 0 N–H and O–H groups in total. The monoisotopic (exact) mass is 146 g/mol. The first-order chi connectivity index (χ1) is 4.86. The van der Waals surface area contributed by atoms with Crippen molar-refractivity contribution in [1.82, 2.24) is 0 Å². The lowest BCUT2D eigenvalue weighted by Gasteiger charge is -1.88. The molecule has 0 bridgehead atoms. The van der Waals surface area contributed by atoms with E-state index < -0.39 is 0 Å². The second-order valence-corrected chi connectivity index (χ2v) is 3.18. The molecular formula is C9H6S. The van der Waals surface area contributed by atoms with Gasteiger partial charge in [0.15, 0.2) is 0 Å². The van der Waals surface area contributed by atoms with Gasteiger partial charge in [0.25, 0.3) is 0 Å². The summed E-state index contributed by atoms with van der Waals surface area (Å²) in [5.41, 5.74) is 1.29. The molecule has 0 amide bonds. The lowest BCUT2D eigenvalue weighted by Crippen LogP contribution is -1.67. The molecule has 0 aliphatic heterocycles. The molecule has 0 aliphatic carbocycles. The van der Waals surface area contributed by atoms with Gasteiger partial charge in [0, 0.05) is 5.39 Å². The summed E-state index contributed by atoms with van der Waals surface area (Å²) in [6.07, 6.45) is 0. The van der Waals surface area contributed by atoms with Gasteiger partial charge in [-0.15, -0.1) is 0 Å². The fourth-order valence-corrected chi connectivity index (χ4v) is 1.59. The quantitative estimate of drug-likeness (QED) is 0.536. The van der Waals surface area contributed by atoms with Gasteiger partial charge in [-0.05, 0) is 36.1 Å². The Morgan fingerprint density at radius 3 is 3.20 bits per heavy atom. The van der Waals surface area contributed by atoms with Crippen LogP contribution in [0.25, 0.3) is 10.1 Å². The van der Waals surface area contributed by atoms with E-state index in [0.29, 0.717) is 0 Å². The topological polar surface area (TPSA) is 0 Å². The van der Waals surface area contributed by atoms with Crippen LogP contribution in [0, 0.1) is 18.4 Å². The molecule has 1 aromatic heterocycles. The molecule has 0 nitrogen and oxygen atoms in total. The first-order valence-electron chi connectivity index (χ1n) is 3.15. The zero-order valence-electron chi connectivity index (χ0n) is 5.64. The highest BCUT2D eigenvalue weighted by Gasteiger charge is 1.91. The lowest BCUT2D eigenvalue weighted by atomic mass is 10.2. The van der Waals surface area contributed by atoms with Gasteiger partial charge in [-0.25, -0.2) is 0 Å². The number of rotatable bonds is 0. The average Bonchev–Trinajstić information content (AvgIpc) is 2.33. The summed E-state index contributed by atoms with van der Waals surface area (Å²) in [5, 5.41) is 4.17. The van der Waals surface area contributed by atoms with Crippen molar-refractivity contribution in [2.24, 2.45) is 0 Å². The van der Waals surface area contributed by atoms with Gasteiger partial charge in [0.05, 0.1) is 4.70 Å². The predicted molar refractivity (Wildman–Crippen MR) is 44.2 cm³/mol. The van der Waals surface area contributed by atoms with Crippen LogP contribution in [0.3, 0.4) is 0 Å². The Labute approximate surface area is 64.1 Å². The third-order valence-electron chi connectivity index (χ3n) is 1.48. The van der Waals surface area contributed by atoms with Crippen molar-refractivity contribution in [1.29, 1.82) is 0 Å². The van der Waals surface area contributed by atoms with Crippen LogP contribution in [0.15, 0.2) is 18.2 Å². The van der Waals surface area contributed by atoms with Crippen molar-refractivity contribution < 1.29 is 0 Å². The van der Waals surface area contributed by atoms with Gasteiger partial charge >= 0.3 is 0 Å². The number of hydrogen-bond acceptors (Lipinski definition) is 1. The minimum absolute atomic E-state index is 1.19. The Kier molecular flexibility index (Phi) is 1.15. The van der Waals surface area contributed by atoms with Crippen LogP contribution in [-0.4, -0.2) is 0 Å². The van der Waals surface area contributed by atoms with E-state index in [9.17, 15) is 0 Å². The molecule has 0 fully saturated rings. The molecule has 0 atom stereocenters. The standard InChI is InChI=1S/C9H6S/c1-7-2-3-9-8(6-7)4-5-10-9/h2-3,6H,1H3. The average molecular weight is 146 g/mol. The van der Waals surface area contributed by atoms with E-state index in [1.807, 2.05) is 0 Å². The van der Waals surface area contributed by atoms with E-state index in [1.165, 1.54) is 15.6 Å². The first kappa shape index (κ1) is 5.76. The van der Waals surface area contributed by atoms with Gasteiger partial charge in [0.1, 0.15) is 0 Å². The van der Waals surface area contributed by atoms with Crippen LogP contribution in [0.4, 0.5) is 0 Å². The smallest absolute Gasteiger partial charge is 0.0517 e. The predicted octanol–water partition coefficient (Wildman–Crippen LogP) is 2.81. The minimum Gasteiger partial charge on any atom is -0.0831 e. The van der Waals surface area contributed by atoms with Gasteiger partial charge in [0.2, 0.25) is 0 Å². The molecule has 2 aromatic rings. The molecule has 0 unspecified atom stereocenters. The molecular weight excluding hydrogens is 140 g/mol. The van der Waals surface area contributed by atoms with E-state index in [1.54, 1.807) is 11.3 Å². The summed E-state index contributed by atoms with van der Waals surface area (Å²) in [5.74, 6) is 0. The fraction of sp³-hybridized carbons (Fsp3) is 0.111. The zero-order chi connectivity index (χ0) is 6.97. The SMILES string of the molecule is Cc1ccc2sc#cc2c1. The Balaban J connectivity index is 2.86. The highest BCUT2D eigenvalue weighted by Crippen LogP contribution is 2.16. The largest absolute Gasteiger partial charge is 0.0831 e. The number of fused-ring (bicyclic) bond motifs is 1. The second kappa shape index (κ2) is 2.00. The summed E-state index contributed by atoms with van der Waals surface area (Å²) in [7, 11) is 0. The van der Waals surface area contributed by atoms with Crippen molar-refractivity contribution in [2.75, 3.05) is 0 Å². The van der Waals surface area contributed by atoms with Gasteiger partial charge in [-0.2, -0.15) is 0 Å². The Morgan fingerprint density at radius 2 is 2.30 bits per heavy atom. The van der Waals surface area contributed by atoms with Crippen LogP contribution in [-0.2, 0) is 0 Å². The molecule has 0 aliphatic rings. The van der Waals surface area contributed by atoms with Crippen LogP contribution < -0.4 is 0 Å². The third kappa shape index (κ3) is 0.778. The number of aryl methyl sites for hydroxylation is 1. The normalized spacial score (nSPS) is 9.70. The molecule has 1 aromatic carbocycles. The van der Waals surface area contributed by atoms with Crippen LogP contribution >= 0.6 is 11.3 Å². The highest BCUT2D eigenvalue weighted by molar-refractivity contribution is 7.16. The fourth-order valence-electron chi connectivity index (χ4n) is 0.966. The second-order valence-electron chi connectivity index (χ2n) is 2.33. The zero-order valence-corrected chi connectivity index (χ0v) is 6.46. The molecule has 1 heterocycles. The van der Waals surface area contributed by atoms with E-state index in [4.69, 9.17) is 0 Å². The maximum atomic E-state index is 3.05. The number of hydrogen-bond donors (Lipinski definition) is 0. The summed E-state index contributed by atoms with van der Waals surface area (Å²) in [6.45, 7) is 2.09. The first-order valence-corrected chi connectivity index (χ1v) is 3.96. The molecule has 0 saturated carbocycles. The maximum Gasteiger partial charge on any atom is 0.0517 e. The number of benzene rings is 1. The molecule has 48 valence electrons. The van der Waals surface area contributed by atoms with Crippen molar-refractivity contribution in [3.63, 3.8) is 0 Å². The highest BCUT2D eigenvalue weighted by atomic mass is 32.1. The van der Waals surface area contributed by atoms with Crippen molar-refractivity contribution in [3.05, 3.63) is 35.2 Å². The maximum absolute atomic E-state index is 3.05. The molecule has 0 spiro atoms. The van der Waals surface area contributed by atoms with Gasteiger partial charge in [-0.3, -0.25) is 0 Å². The van der Waals surface area contributed by atoms with E-state index in [2.05, 4.69) is 36.6 Å². The Morgan fingerprint density at radius 1 is 1.40 bits per heavy atom. The molecule has 10 heavy (non-hydrogen) atoms. The van der Waals surface area contributed by atoms with E-state index >= 15 is 0 Å². The summed E-state index contributed by atoms with van der Waals surface area (Å²) >= 11 is 1.62. The minimum atomic E-state index is 1.19. The Hall–Kier alpha value is -1.00. The summed E-state index contributed by atoms with van der Waals surface area (Å²) in [4.78, 5) is 0. The van der Waals surface area contributed by atoms with Crippen molar-refractivity contribution in [3.8, 4) is 0 Å². The van der Waals surface area contributed by atoms with Crippen LogP contribution in [0.1, 0.15) is 5.56 Å². The summed E-state index contributed by atoms with van der Waals surface area (Å²) in [6, 6.07) is 9.41. The Bertz CT molecular complexity index is 346. The van der Waals surface area contributed by atoms with Gasteiger partial charge in [-0.1, -0.05) is 17.4 Å². The van der Waals surface area contributed by atoms with Crippen molar-refractivity contribution >= 4 is 21.4 Å². The van der Waals surface area contributed by atoms with Crippen LogP contribution in [0.2, 0.25) is 0 Å². The van der Waals surface area contributed by atoms with Crippen LogP contribution in [0.5, 0.6) is 0 Å².